The van der Waals surface area contributed by atoms with Gasteiger partial charge in [0.15, 0.2) is 0 Å². The minimum Gasteiger partial charge on any atom is -0.496 e. The van der Waals surface area contributed by atoms with Gasteiger partial charge >= 0.3 is 0 Å². The summed E-state index contributed by atoms with van der Waals surface area (Å²) in [6, 6.07) is 14.4. The quantitative estimate of drug-likeness (QED) is 0.873. The summed E-state index contributed by atoms with van der Waals surface area (Å²) in [5, 5.41) is 3.49. The highest BCUT2D eigenvalue weighted by atomic mass is 32.2. The second-order valence-corrected chi connectivity index (χ2v) is 6.96. The number of rotatable bonds is 6. The molecule has 118 valence electrons. The fraction of sp³-hybridized carbons (Fsp3) is 0.333. The molecule has 0 bridgehead atoms. The van der Waals surface area contributed by atoms with Crippen LogP contribution in [0.5, 0.6) is 5.75 Å². The number of benzene rings is 2. The molecule has 0 saturated heterocycles. The van der Waals surface area contributed by atoms with Crippen molar-refractivity contribution in [3.8, 4) is 5.75 Å². The van der Waals surface area contributed by atoms with Gasteiger partial charge in [-0.15, -0.1) is 0 Å². The summed E-state index contributed by atoms with van der Waals surface area (Å²) in [5.41, 5.74) is 4.44. The molecule has 0 aliphatic rings. The number of methoxy groups -OCH3 is 1. The van der Waals surface area contributed by atoms with Gasteiger partial charge < -0.3 is 10.1 Å². The first-order valence-corrected chi connectivity index (χ1v) is 9.02. The van der Waals surface area contributed by atoms with E-state index < -0.39 is 10.8 Å². The fourth-order valence-corrected chi connectivity index (χ4v) is 3.15. The molecule has 4 heteroatoms. The van der Waals surface area contributed by atoms with Gasteiger partial charge in [0.25, 0.3) is 0 Å². The summed E-state index contributed by atoms with van der Waals surface area (Å²) in [6.45, 7) is 4.19. The van der Waals surface area contributed by atoms with Gasteiger partial charge in [-0.25, -0.2) is 0 Å². The Kier molecular flexibility index (Phi) is 5.61. The maximum Gasteiger partial charge on any atom is 0.124 e. The molecule has 0 aromatic heterocycles. The number of ether oxygens (including phenoxy) is 1. The van der Waals surface area contributed by atoms with Gasteiger partial charge in [0.05, 0.1) is 13.2 Å². The topological polar surface area (TPSA) is 38.3 Å². The van der Waals surface area contributed by atoms with Gasteiger partial charge in [-0.05, 0) is 37.6 Å². The van der Waals surface area contributed by atoms with E-state index in [1.807, 2.05) is 30.3 Å². The van der Waals surface area contributed by atoms with Crippen LogP contribution in [0.1, 0.15) is 29.7 Å². The SMILES string of the molecule is COc1ccc(C)cc1[C@H](C)Nc1cccc(C[S@](C)=O)c1. The first kappa shape index (κ1) is 16.6. The molecule has 2 rings (SSSR count). The number of nitrogens with one attached hydrogen (secondary N) is 1. The van der Waals surface area contributed by atoms with Crippen LogP contribution in [0.25, 0.3) is 0 Å². The monoisotopic (exact) mass is 317 g/mol. The van der Waals surface area contributed by atoms with Crippen LogP contribution in [0.2, 0.25) is 0 Å². The zero-order valence-electron chi connectivity index (χ0n) is 13.6. The lowest BCUT2D eigenvalue weighted by atomic mass is 10.0. The molecule has 2 aromatic rings. The second-order valence-electron chi connectivity index (χ2n) is 5.53. The maximum atomic E-state index is 11.4. The average Bonchev–Trinajstić information content (AvgIpc) is 2.46. The average molecular weight is 317 g/mol. The van der Waals surface area contributed by atoms with Crippen LogP contribution >= 0.6 is 0 Å². The van der Waals surface area contributed by atoms with Gasteiger partial charge in [0.2, 0.25) is 0 Å². The normalized spacial score (nSPS) is 13.5. The molecule has 22 heavy (non-hydrogen) atoms. The van der Waals surface area contributed by atoms with E-state index in [-0.39, 0.29) is 6.04 Å². The molecule has 0 saturated carbocycles. The summed E-state index contributed by atoms with van der Waals surface area (Å²) in [6.07, 6.45) is 1.72. The lowest BCUT2D eigenvalue weighted by Crippen LogP contribution is -2.09. The molecular weight excluding hydrogens is 294 g/mol. The van der Waals surface area contributed by atoms with E-state index in [0.29, 0.717) is 5.75 Å². The molecule has 0 unspecified atom stereocenters. The van der Waals surface area contributed by atoms with Crippen LogP contribution in [-0.4, -0.2) is 17.6 Å². The van der Waals surface area contributed by atoms with Crippen LogP contribution in [0.3, 0.4) is 0 Å². The number of hydrogen-bond acceptors (Lipinski definition) is 3. The molecule has 0 radical (unpaired) electrons. The molecule has 2 atom stereocenters. The van der Waals surface area contributed by atoms with Gasteiger partial charge in [-0.1, -0.05) is 29.8 Å². The van der Waals surface area contributed by atoms with E-state index in [1.54, 1.807) is 13.4 Å². The highest BCUT2D eigenvalue weighted by Crippen LogP contribution is 2.29. The third-order valence-electron chi connectivity index (χ3n) is 3.53. The lowest BCUT2D eigenvalue weighted by molar-refractivity contribution is 0.408. The molecule has 0 fully saturated rings. The highest BCUT2D eigenvalue weighted by molar-refractivity contribution is 7.83. The number of aryl methyl sites for hydroxylation is 1. The Morgan fingerprint density at radius 2 is 2.00 bits per heavy atom. The fourth-order valence-electron chi connectivity index (χ4n) is 2.51. The zero-order chi connectivity index (χ0) is 16.1. The van der Waals surface area contributed by atoms with Gasteiger partial charge in [0, 0.05) is 34.1 Å². The van der Waals surface area contributed by atoms with Crippen LogP contribution in [0, 0.1) is 6.92 Å². The van der Waals surface area contributed by atoms with E-state index in [2.05, 4.69) is 31.3 Å². The van der Waals surface area contributed by atoms with Crippen molar-refractivity contribution in [1.29, 1.82) is 0 Å². The van der Waals surface area contributed by atoms with Crippen molar-refractivity contribution in [2.24, 2.45) is 0 Å². The van der Waals surface area contributed by atoms with E-state index in [0.717, 1.165) is 22.6 Å². The summed E-state index contributed by atoms with van der Waals surface area (Å²) >= 11 is 0. The molecule has 0 heterocycles. The molecule has 3 nitrogen and oxygen atoms in total. The third kappa shape index (κ3) is 4.34. The van der Waals surface area contributed by atoms with Crippen molar-refractivity contribution in [2.45, 2.75) is 25.6 Å². The number of anilines is 1. The summed E-state index contributed by atoms with van der Waals surface area (Å²) in [5.74, 6) is 1.47. The second kappa shape index (κ2) is 7.45. The van der Waals surface area contributed by atoms with Crippen molar-refractivity contribution in [1.82, 2.24) is 0 Å². The molecular formula is C18H23NO2S. The Bertz CT molecular complexity index is 670. The molecule has 0 aliphatic carbocycles. The third-order valence-corrected chi connectivity index (χ3v) is 4.27. The Morgan fingerprint density at radius 1 is 1.23 bits per heavy atom. The highest BCUT2D eigenvalue weighted by Gasteiger charge is 2.12. The first-order valence-electron chi connectivity index (χ1n) is 7.29. The smallest absolute Gasteiger partial charge is 0.124 e. The lowest BCUT2D eigenvalue weighted by Gasteiger charge is -2.19. The van der Waals surface area contributed by atoms with Crippen LogP contribution in [-0.2, 0) is 16.6 Å². The summed E-state index contributed by atoms with van der Waals surface area (Å²) < 4.78 is 16.8. The summed E-state index contributed by atoms with van der Waals surface area (Å²) in [7, 11) is 0.863. The van der Waals surface area contributed by atoms with E-state index >= 15 is 0 Å². The van der Waals surface area contributed by atoms with Crippen molar-refractivity contribution in [3.63, 3.8) is 0 Å². The van der Waals surface area contributed by atoms with Crippen molar-refractivity contribution in [2.75, 3.05) is 18.7 Å². The number of hydrogen-bond donors (Lipinski definition) is 1. The van der Waals surface area contributed by atoms with Crippen LogP contribution in [0.4, 0.5) is 5.69 Å². The molecule has 0 aliphatic heterocycles. The first-order chi connectivity index (χ1) is 10.5. The van der Waals surface area contributed by atoms with Crippen molar-refractivity contribution < 1.29 is 8.95 Å². The van der Waals surface area contributed by atoms with Crippen molar-refractivity contribution in [3.05, 3.63) is 59.2 Å². The Morgan fingerprint density at radius 3 is 2.68 bits per heavy atom. The predicted molar refractivity (Wildman–Crippen MR) is 94.0 cm³/mol. The predicted octanol–water partition coefficient (Wildman–Crippen LogP) is 4.06. The Hall–Kier alpha value is -1.81. The molecule has 0 amide bonds. The Balaban J connectivity index is 2.20. The van der Waals surface area contributed by atoms with E-state index in [1.165, 1.54) is 5.56 Å². The van der Waals surface area contributed by atoms with Gasteiger partial charge in [-0.2, -0.15) is 0 Å². The van der Waals surface area contributed by atoms with Crippen molar-refractivity contribution >= 4 is 16.5 Å². The summed E-state index contributed by atoms with van der Waals surface area (Å²) in [4.78, 5) is 0. The van der Waals surface area contributed by atoms with E-state index in [9.17, 15) is 4.21 Å². The molecule has 1 N–H and O–H groups in total. The largest absolute Gasteiger partial charge is 0.496 e. The van der Waals surface area contributed by atoms with Gasteiger partial charge in [-0.3, -0.25) is 4.21 Å². The maximum absolute atomic E-state index is 11.4. The van der Waals surface area contributed by atoms with Gasteiger partial charge in [0.1, 0.15) is 5.75 Å². The standard InChI is InChI=1S/C18H23NO2S/c1-13-8-9-18(21-3)17(10-13)14(2)19-16-7-5-6-15(11-16)12-22(4)20/h5-11,14,19H,12H2,1-4H3/t14-,22-/m0/s1. The molecule has 2 aromatic carbocycles. The minimum atomic E-state index is -0.829. The van der Waals surface area contributed by atoms with Crippen LogP contribution < -0.4 is 10.1 Å². The Labute approximate surface area is 135 Å². The minimum absolute atomic E-state index is 0.122. The zero-order valence-corrected chi connectivity index (χ0v) is 14.4. The molecule has 0 spiro atoms. The van der Waals surface area contributed by atoms with Crippen LogP contribution in [0.15, 0.2) is 42.5 Å². The van der Waals surface area contributed by atoms with E-state index in [4.69, 9.17) is 4.74 Å².